The average molecular weight is 454 g/mol. The molecule has 0 radical (unpaired) electrons. The second-order valence-corrected chi connectivity index (χ2v) is 8.73. The maximum atomic E-state index is 13.4. The van der Waals surface area contributed by atoms with Crippen LogP contribution in [0.4, 0.5) is 4.39 Å². The summed E-state index contributed by atoms with van der Waals surface area (Å²) in [6.07, 6.45) is 1.79. The third-order valence-corrected chi connectivity index (χ3v) is 6.18. The minimum absolute atomic E-state index is 0.0523. The molecule has 7 nitrogen and oxygen atoms in total. The highest BCUT2D eigenvalue weighted by Crippen LogP contribution is 2.31. The Labute approximate surface area is 191 Å². The van der Waals surface area contributed by atoms with Gasteiger partial charge in [0.05, 0.1) is 42.4 Å². The van der Waals surface area contributed by atoms with Gasteiger partial charge in [-0.05, 0) is 42.5 Å². The number of Topliss-reactive ketones (excluding diaryl/α,β-unsaturated/α-hetero) is 1. The van der Waals surface area contributed by atoms with Crippen molar-refractivity contribution < 1.29 is 23.2 Å². The lowest BCUT2D eigenvalue weighted by Crippen LogP contribution is -2.28. The molecule has 0 bridgehead atoms. The van der Waals surface area contributed by atoms with E-state index in [1.807, 2.05) is 18.4 Å². The third kappa shape index (κ3) is 4.90. The van der Waals surface area contributed by atoms with Crippen LogP contribution in [0.5, 0.6) is 0 Å². The molecule has 2 atom stereocenters. The molecule has 1 unspecified atom stereocenters. The van der Waals surface area contributed by atoms with E-state index in [0.717, 1.165) is 5.56 Å². The lowest BCUT2D eigenvalue weighted by molar-refractivity contribution is 0.0779. The van der Waals surface area contributed by atoms with Gasteiger partial charge in [0.25, 0.3) is 5.91 Å². The number of amides is 1. The second-order valence-electron chi connectivity index (χ2n) is 8.73. The molecule has 174 valence electrons. The highest BCUT2D eigenvalue weighted by Gasteiger charge is 2.29. The Balaban J connectivity index is 1.59. The molecule has 33 heavy (non-hydrogen) atoms. The van der Waals surface area contributed by atoms with E-state index < -0.39 is 0 Å². The average Bonchev–Trinajstić information content (AvgIpc) is 3.46. The molecule has 2 aromatic heterocycles. The molecule has 3 heterocycles. The molecule has 3 aromatic rings. The monoisotopic (exact) mass is 453 g/mol. The lowest BCUT2D eigenvalue weighted by Gasteiger charge is -2.22. The molecule has 0 aliphatic carbocycles. The van der Waals surface area contributed by atoms with Gasteiger partial charge < -0.3 is 19.1 Å². The summed E-state index contributed by atoms with van der Waals surface area (Å²) in [7, 11) is 0. The van der Waals surface area contributed by atoms with Gasteiger partial charge in [0.15, 0.2) is 11.5 Å². The molecule has 0 saturated carbocycles. The molecule has 1 aliphatic heterocycles. The number of fused-ring (bicyclic) bond motifs is 1. The van der Waals surface area contributed by atoms with Crippen molar-refractivity contribution in [2.45, 2.75) is 52.3 Å². The van der Waals surface area contributed by atoms with Gasteiger partial charge in [-0.2, -0.15) is 0 Å². The van der Waals surface area contributed by atoms with Gasteiger partial charge in [-0.3, -0.25) is 9.59 Å². The van der Waals surface area contributed by atoms with Gasteiger partial charge >= 0.3 is 0 Å². The van der Waals surface area contributed by atoms with Crippen molar-refractivity contribution in [2.75, 3.05) is 6.61 Å². The molecular formula is C25H28FN3O4. The minimum atomic E-state index is -0.372. The number of ether oxygens (including phenoxy) is 1. The molecule has 8 heteroatoms. The first-order chi connectivity index (χ1) is 15.8. The van der Waals surface area contributed by atoms with Gasteiger partial charge in [0.1, 0.15) is 5.82 Å². The summed E-state index contributed by atoms with van der Waals surface area (Å²) in [5.74, 6) is 0.0121. The van der Waals surface area contributed by atoms with Crippen LogP contribution in [0.25, 0.3) is 0 Å². The number of aromatic nitrogens is 2. The molecular weight excluding hydrogens is 425 g/mol. The summed E-state index contributed by atoms with van der Waals surface area (Å²) in [4.78, 5) is 26.5. The fraction of sp³-hybridized carbons (Fsp3) is 0.400. The largest absolute Gasteiger partial charge is 0.373 e. The van der Waals surface area contributed by atoms with Crippen LogP contribution in [-0.4, -0.2) is 28.0 Å². The maximum Gasteiger partial charge on any atom is 0.253 e. The summed E-state index contributed by atoms with van der Waals surface area (Å²) in [5, 5.41) is 6.58. The molecule has 1 N–H and O–H groups in total. The number of hydrogen-bond donors (Lipinski definition) is 1. The zero-order valence-electron chi connectivity index (χ0n) is 19.0. The maximum absolute atomic E-state index is 13.4. The standard InChI is InChI=1S/C25H28FN3O4/c1-15(2)19(17-4-6-18(26)7-5-17)13-23(30)21-12-20(22-14-32-11-10-29(21)22)25(31)28-16(3)24-8-9-27-33-24/h4-9,12,15-16,19H,10-11,13-14H2,1-3H3,(H,28,31)/t16?,19-/m1/s1. The van der Waals surface area contributed by atoms with Gasteiger partial charge in [-0.25, -0.2) is 4.39 Å². The van der Waals surface area contributed by atoms with Crippen molar-refractivity contribution in [2.24, 2.45) is 5.92 Å². The van der Waals surface area contributed by atoms with E-state index in [-0.39, 0.29) is 48.4 Å². The number of benzene rings is 1. The summed E-state index contributed by atoms with van der Waals surface area (Å²) < 4.78 is 26.0. The predicted octanol–water partition coefficient (Wildman–Crippen LogP) is 4.65. The minimum Gasteiger partial charge on any atom is -0.373 e. The van der Waals surface area contributed by atoms with Crippen LogP contribution in [0.2, 0.25) is 0 Å². The molecule has 1 aliphatic rings. The fourth-order valence-electron chi connectivity index (χ4n) is 4.30. The second kappa shape index (κ2) is 9.70. The first-order valence-electron chi connectivity index (χ1n) is 11.2. The summed E-state index contributed by atoms with van der Waals surface area (Å²) in [6, 6.07) is 9.30. The Morgan fingerprint density at radius 2 is 1.94 bits per heavy atom. The van der Waals surface area contributed by atoms with Crippen molar-refractivity contribution in [1.82, 2.24) is 15.0 Å². The summed E-state index contributed by atoms with van der Waals surface area (Å²) in [5.41, 5.74) is 2.54. The van der Waals surface area contributed by atoms with Gasteiger partial charge in [-0.15, -0.1) is 0 Å². The Kier molecular flexibility index (Phi) is 6.74. The quantitative estimate of drug-likeness (QED) is 0.502. The van der Waals surface area contributed by atoms with Crippen molar-refractivity contribution in [3.63, 3.8) is 0 Å². The van der Waals surface area contributed by atoms with E-state index in [9.17, 15) is 14.0 Å². The number of rotatable bonds is 8. The lowest BCUT2D eigenvalue weighted by atomic mass is 9.84. The number of hydrogen-bond acceptors (Lipinski definition) is 5. The zero-order valence-corrected chi connectivity index (χ0v) is 19.0. The van der Waals surface area contributed by atoms with Crippen LogP contribution in [0, 0.1) is 11.7 Å². The summed E-state index contributed by atoms with van der Waals surface area (Å²) >= 11 is 0. The number of nitrogens with zero attached hydrogens (tertiary/aromatic N) is 2. The number of carbonyl (C=O) groups is 2. The van der Waals surface area contributed by atoms with E-state index in [2.05, 4.69) is 10.5 Å². The van der Waals surface area contributed by atoms with E-state index >= 15 is 0 Å². The zero-order chi connectivity index (χ0) is 23.5. The number of ketones is 1. The number of halogens is 1. The topological polar surface area (TPSA) is 86.4 Å². The van der Waals surface area contributed by atoms with Crippen LogP contribution in [0.1, 0.15) is 77.0 Å². The predicted molar refractivity (Wildman–Crippen MR) is 119 cm³/mol. The fourth-order valence-corrected chi connectivity index (χ4v) is 4.30. The Morgan fingerprint density at radius 3 is 2.61 bits per heavy atom. The smallest absolute Gasteiger partial charge is 0.253 e. The Hall–Kier alpha value is -3.26. The number of carbonyl (C=O) groups excluding carboxylic acids is 2. The number of nitrogens with one attached hydrogen (secondary N) is 1. The molecule has 1 amide bonds. The molecule has 4 rings (SSSR count). The van der Waals surface area contributed by atoms with Crippen LogP contribution >= 0.6 is 0 Å². The molecule has 1 aromatic carbocycles. The van der Waals surface area contributed by atoms with E-state index in [0.29, 0.717) is 35.9 Å². The first-order valence-corrected chi connectivity index (χ1v) is 11.2. The molecule has 0 spiro atoms. The molecule has 0 fully saturated rings. The van der Waals surface area contributed by atoms with Gasteiger partial charge in [-0.1, -0.05) is 31.1 Å². The van der Waals surface area contributed by atoms with Gasteiger partial charge in [0, 0.05) is 19.0 Å². The Bertz CT molecular complexity index is 1120. The van der Waals surface area contributed by atoms with Crippen LogP contribution < -0.4 is 5.32 Å². The first kappa shape index (κ1) is 22.9. The van der Waals surface area contributed by atoms with E-state index in [1.165, 1.54) is 18.3 Å². The summed E-state index contributed by atoms with van der Waals surface area (Å²) in [6.45, 7) is 7.14. The normalized spacial score (nSPS) is 15.2. The van der Waals surface area contributed by atoms with Crippen molar-refractivity contribution in [3.8, 4) is 0 Å². The highest BCUT2D eigenvalue weighted by molar-refractivity contribution is 6.01. The van der Waals surface area contributed by atoms with Crippen LogP contribution in [0.15, 0.2) is 47.1 Å². The SMILES string of the molecule is CC(NC(=O)c1cc(C(=O)C[C@@H](c2ccc(F)cc2)C(C)C)n2c1COCC2)c1ccno1. The molecule has 0 saturated heterocycles. The van der Waals surface area contributed by atoms with Crippen molar-refractivity contribution in [1.29, 1.82) is 0 Å². The van der Waals surface area contributed by atoms with Crippen LogP contribution in [0.3, 0.4) is 0 Å². The van der Waals surface area contributed by atoms with Crippen molar-refractivity contribution >= 4 is 11.7 Å². The van der Waals surface area contributed by atoms with E-state index in [1.54, 1.807) is 31.2 Å². The van der Waals surface area contributed by atoms with Crippen LogP contribution in [-0.2, 0) is 17.9 Å². The van der Waals surface area contributed by atoms with E-state index in [4.69, 9.17) is 9.26 Å². The van der Waals surface area contributed by atoms with Gasteiger partial charge in [0.2, 0.25) is 0 Å². The third-order valence-electron chi connectivity index (χ3n) is 6.18. The highest BCUT2D eigenvalue weighted by atomic mass is 19.1. The Morgan fingerprint density at radius 1 is 1.18 bits per heavy atom. The van der Waals surface area contributed by atoms with Crippen molar-refractivity contribution in [3.05, 3.63) is 76.7 Å².